The summed E-state index contributed by atoms with van der Waals surface area (Å²) in [6.07, 6.45) is 0.835. The van der Waals surface area contributed by atoms with E-state index in [0.29, 0.717) is 25.2 Å². The Hall–Kier alpha value is -3.67. The van der Waals surface area contributed by atoms with Crippen LogP contribution in [0.25, 0.3) is 0 Å². The van der Waals surface area contributed by atoms with Crippen LogP contribution in [0, 0.1) is 19.7 Å². The predicted molar refractivity (Wildman–Crippen MR) is 124 cm³/mol. The SMILES string of the molecule is Cc1ccc(NC(=O)c2ccc(N3CCCN(Cc4ccc(F)cc4)C3=O)cc2)cc1C. The highest BCUT2D eigenvalue weighted by atomic mass is 19.1. The second-order valence-corrected chi connectivity index (χ2v) is 8.14. The molecule has 1 aliphatic rings. The quantitative estimate of drug-likeness (QED) is 0.578. The highest BCUT2D eigenvalue weighted by Crippen LogP contribution is 2.23. The summed E-state index contributed by atoms with van der Waals surface area (Å²) in [6.45, 7) is 5.75. The molecule has 0 atom stereocenters. The van der Waals surface area contributed by atoms with E-state index in [-0.39, 0.29) is 17.8 Å². The van der Waals surface area contributed by atoms with Crippen LogP contribution in [0.2, 0.25) is 0 Å². The van der Waals surface area contributed by atoms with Gasteiger partial charge in [0.25, 0.3) is 5.91 Å². The van der Waals surface area contributed by atoms with Crippen molar-refractivity contribution >= 4 is 23.3 Å². The molecule has 1 fully saturated rings. The van der Waals surface area contributed by atoms with E-state index in [0.717, 1.165) is 28.9 Å². The molecule has 1 N–H and O–H groups in total. The van der Waals surface area contributed by atoms with Crippen LogP contribution in [0.4, 0.5) is 20.6 Å². The van der Waals surface area contributed by atoms with E-state index in [1.165, 1.54) is 17.7 Å². The van der Waals surface area contributed by atoms with Crippen LogP contribution < -0.4 is 10.2 Å². The molecule has 5 nitrogen and oxygen atoms in total. The molecule has 0 radical (unpaired) electrons. The topological polar surface area (TPSA) is 52.7 Å². The van der Waals surface area contributed by atoms with Crippen molar-refractivity contribution in [2.24, 2.45) is 0 Å². The number of carbonyl (C=O) groups excluding carboxylic acids is 2. The minimum atomic E-state index is -0.290. The molecule has 0 unspecified atom stereocenters. The minimum absolute atomic E-state index is 0.0899. The van der Waals surface area contributed by atoms with Crippen molar-refractivity contribution < 1.29 is 14.0 Å². The molecule has 3 aromatic rings. The molecule has 1 saturated heterocycles. The summed E-state index contributed by atoms with van der Waals surface area (Å²) in [5.41, 5.74) is 5.21. The largest absolute Gasteiger partial charge is 0.324 e. The zero-order chi connectivity index (χ0) is 22.7. The third-order valence-corrected chi connectivity index (χ3v) is 5.80. The summed E-state index contributed by atoms with van der Waals surface area (Å²) < 4.78 is 13.2. The van der Waals surface area contributed by atoms with Crippen molar-refractivity contribution in [3.63, 3.8) is 0 Å². The van der Waals surface area contributed by atoms with Gasteiger partial charge in [0.05, 0.1) is 0 Å². The number of hydrogen-bond acceptors (Lipinski definition) is 2. The third-order valence-electron chi connectivity index (χ3n) is 5.80. The molecule has 0 aromatic heterocycles. The summed E-state index contributed by atoms with van der Waals surface area (Å²) in [5, 5.41) is 2.92. The Morgan fingerprint density at radius 1 is 0.938 bits per heavy atom. The zero-order valence-corrected chi connectivity index (χ0v) is 18.3. The fourth-order valence-electron chi connectivity index (χ4n) is 3.79. The number of benzene rings is 3. The highest BCUT2D eigenvalue weighted by molar-refractivity contribution is 6.04. The number of carbonyl (C=O) groups is 2. The van der Waals surface area contributed by atoms with Gasteiger partial charge in [0, 0.05) is 36.6 Å². The number of nitrogens with zero attached hydrogens (tertiary/aromatic N) is 2. The van der Waals surface area contributed by atoms with Gasteiger partial charge < -0.3 is 10.2 Å². The summed E-state index contributed by atoms with van der Waals surface area (Å²) >= 11 is 0. The smallest absolute Gasteiger partial charge is 0.322 e. The van der Waals surface area contributed by atoms with Crippen molar-refractivity contribution in [2.75, 3.05) is 23.3 Å². The van der Waals surface area contributed by atoms with Gasteiger partial charge in [-0.05, 0) is 85.5 Å². The Kier molecular flexibility index (Phi) is 6.21. The third kappa shape index (κ3) is 4.80. The van der Waals surface area contributed by atoms with E-state index in [1.54, 1.807) is 46.2 Å². The van der Waals surface area contributed by atoms with E-state index in [9.17, 15) is 14.0 Å². The number of anilines is 2. The molecule has 3 amide bonds. The zero-order valence-electron chi connectivity index (χ0n) is 18.3. The number of aryl methyl sites for hydroxylation is 2. The molecule has 0 bridgehead atoms. The number of nitrogens with one attached hydrogen (secondary N) is 1. The number of urea groups is 1. The average molecular weight is 432 g/mol. The number of halogens is 1. The molecular weight excluding hydrogens is 405 g/mol. The fraction of sp³-hybridized carbons (Fsp3) is 0.231. The summed E-state index contributed by atoms with van der Waals surface area (Å²) in [4.78, 5) is 29.1. The minimum Gasteiger partial charge on any atom is -0.322 e. The van der Waals surface area contributed by atoms with Gasteiger partial charge in [0.1, 0.15) is 5.82 Å². The van der Waals surface area contributed by atoms with E-state index < -0.39 is 0 Å². The van der Waals surface area contributed by atoms with Crippen LogP contribution in [0.1, 0.15) is 33.5 Å². The van der Waals surface area contributed by atoms with Crippen LogP contribution in [0.15, 0.2) is 66.7 Å². The number of rotatable bonds is 5. The normalized spacial score (nSPS) is 13.9. The first-order valence-corrected chi connectivity index (χ1v) is 10.7. The Labute approximate surface area is 187 Å². The number of amides is 3. The van der Waals surface area contributed by atoms with Crippen molar-refractivity contribution in [1.29, 1.82) is 0 Å². The maximum absolute atomic E-state index is 13.2. The molecule has 3 aromatic carbocycles. The second-order valence-electron chi connectivity index (χ2n) is 8.14. The van der Waals surface area contributed by atoms with Crippen molar-refractivity contribution in [3.8, 4) is 0 Å². The van der Waals surface area contributed by atoms with Crippen LogP contribution in [0.3, 0.4) is 0 Å². The number of hydrogen-bond donors (Lipinski definition) is 1. The van der Waals surface area contributed by atoms with E-state index in [4.69, 9.17) is 0 Å². The highest BCUT2D eigenvalue weighted by Gasteiger charge is 2.27. The molecule has 1 heterocycles. The lowest BCUT2D eigenvalue weighted by Crippen LogP contribution is -2.49. The maximum Gasteiger partial charge on any atom is 0.324 e. The molecular formula is C26H26FN3O2. The molecule has 1 aliphatic heterocycles. The first-order valence-electron chi connectivity index (χ1n) is 10.7. The Morgan fingerprint density at radius 3 is 2.34 bits per heavy atom. The van der Waals surface area contributed by atoms with Crippen molar-refractivity contribution in [1.82, 2.24) is 4.90 Å². The van der Waals surface area contributed by atoms with Crippen LogP contribution in [0.5, 0.6) is 0 Å². The summed E-state index contributed by atoms with van der Waals surface area (Å²) in [5.74, 6) is -0.482. The van der Waals surface area contributed by atoms with Gasteiger partial charge >= 0.3 is 6.03 Å². The van der Waals surface area contributed by atoms with Gasteiger partial charge in [0.2, 0.25) is 0 Å². The Bertz CT molecular complexity index is 1130. The average Bonchev–Trinajstić information content (AvgIpc) is 2.79. The molecule has 0 saturated carbocycles. The van der Waals surface area contributed by atoms with E-state index >= 15 is 0 Å². The first-order chi connectivity index (χ1) is 15.4. The van der Waals surface area contributed by atoms with Crippen molar-refractivity contribution in [3.05, 3.63) is 94.8 Å². The summed E-state index contributed by atoms with van der Waals surface area (Å²) in [7, 11) is 0. The summed E-state index contributed by atoms with van der Waals surface area (Å²) in [6, 6.07) is 19.0. The lowest BCUT2D eigenvalue weighted by atomic mass is 10.1. The molecule has 0 aliphatic carbocycles. The van der Waals surface area contributed by atoms with Gasteiger partial charge in [-0.3, -0.25) is 9.69 Å². The van der Waals surface area contributed by atoms with E-state index in [1.807, 2.05) is 32.0 Å². The Morgan fingerprint density at radius 2 is 1.66 bits per heavy atom. The fourth-order valence-corrected chi connectivity index (χ4v) is 3.79. The second kappa shape index (κ2) is 9.22. The molecule has 32 heavy (non-hydrogen) atoms. The van der Waals surface area contributed by atoms with Gasteiger partial charge in [0.15, 0.2) is 0 Å². The molecule has 4 rings (SSSR count). The van der Waals surface area contributed by atoms with Crippen LogP contribution >= 0.6 is 0 Å². The van der Waals surface area contributed by atoms with Gasteiger partial charge in [-0.1, -0.05) is 18.2 Å². The van der Waals surface area contributed by atoms with Crippen molar-refractivity contribution in [2.45, 2.75) is 26.8 Å². The van der Waals surface area contributed by atoms with E-state index in [2.05, 4.69) is 5.32 Å². The lowest BCUT2D eigenvalue weighted by molar-refractivity contribution is 0.102. The maximum atomic E-state index is 13.2. The standard InChI is InChI=1S/C26H26FN3O2/c1-18-4-11-23(16-19(18)2)28-25(31)21-7-12-24(13-8-21)30-15-3-14-29(26(30)32)17-20-5-9-22(27)10-6-20/h4-13,16H,3,14-15,17H2,1-2H3,(H,28,31). The van der Waals surface area contributed by atoms with Gasteiger partial charge in [-0.25, -0.2) is 9.18 Å². The molecule has 6 heteroatoms. The Balaban J connectivity index is 1.43. The molecule has 164 valence electrons. The monoisotopic (exact) mass is 431 g/mol. The predicted octanol–water partition coefficient (Wildman–Crippen LogP) is 5.53. The van der Waals surface area contributed by atoms with Gasteiger partial charge in [-0.15, -0.1) is 0 Å². The molecule has 0 spiro atoms. The van der Waals surface area contributed by atoms with Crippen LogP contribution in [-0.4, -0.2) is 29.9 Å². The first kappa shape index (κ1) is 21.6. The van der Waals surface area contributed by atoms with Crippen LogP contribution in [-0.2, 0) is 6.54 Å². The lowest BCUT2D eigenvalue weighted by Gasteiger charge is -2.35. The van der Waals surface area contributed by atoms with Gasteiger partial charge in [-0.2, -0.15) is 0 Å².